The minimum atomic E-state index is -0.906. The van der Waals surface area contributed by atoms with Crippen molar-refractivity contribution in [2.45, 2.75) is 50.2 Å². The van der Waals surface area contributed by atoms with Gasteiger partial charge in [0.2, 0.25) is 0 Å². The van der Waals surface area contributed by atoms with E-state index in [0.717, 1.165) is 0 Å². The highest BCUT2D eigenvalue weighted by Crippen LogP contribution is 2.25. The molecule has 5 nitrogen and oxygen atoms in total. The number of nitrogens with one attached hydrogen (secondary N) is 1. The van der Waals surface area contributed by atoms with Gasteiger partial charge in [0.25, 0.3) is 0 Å². The van der Waals surface area contributed by atoms with Crippen LogP contribution in [0, 0.1) is 0 Å². The molecule has 0 bridgehead atoms. The van der Waals surface area contributed by atoms with Crippen molar-refractivity contribution in [3.63, 3.8) is 0 Å². The molecule has 1 saturated heterocycles. The summed E-state index contributed by atoms with van der Waals surface area (Å²) in [4.78, 5) is 24.6. The quantitative estimate of drug-likeness (QED) is 0.823. The minimum Gasteiger partial charge on any atom is -0.481 e. The molecule has 0 spiro atoms. The second-order valence-electron chi connectivity index (χ2n) is 5.55. The molecule has 0 aliphatic carbocycles. The van der Waals surface area contributed by atoms with Crippen LogP contribution >= 0.6 is 11.8 Å². The highest BCUT2D eigenvalue weighted by molar-refractivity contribution is 8.00. The summed E-state index contributed by atoms with van der Waals surface area (Å²) in [6, 6.07) is -0.166. The van der Waals surface area contributed by atoms with E-state index >= 15 is 0 Å². The van der Waals surface area contributed by atoms with Crippen LogP contribution < -0.4 is 5.32 Å². The van der Waals surface area contributed by atoms with Crippen molar-refractivity contribution in [2.75, 3.05) is 13.1 Å². The summed E-state index contributed by atoms with van der Waals surface area (Å²) in [6.45, 7) is 9.08. The summed E-state index contributed by atoms with van der Waals surface area (Å²) >= 11 is 1.88. The van der Waals surface area contributed by atoms with Crippen LogP contribution in [0.3, 0.4) is 0 Å². The van der Waals surface area contributed by atoms with Gasteiger partial charge in [0.1, 0.15) is 0 Å². The molecule has 1 aliphatic heterocycles. The Labute approximate surface area is 112 Å². The topological polar surface area (TPSA) is 69.6 Å². The summed E-state index contributed by atoms with van der Waals surface area (Å²) < 4.78 is 0. The second kappa shape index (κ2) is 5.82. The SMILES string of the molecule is CC1CN(C(=O)NC(C)(C)CC(=O)O)CC(C)S1. The Morgan fingerprint density at radius 1 is 1.33 bits per heavy atom. The van der Waals surface area contributed by atoms with Gasteiger partial charge in [-0.1, -0.05) is 13.8 Å². The van der Waals surface area contributed by atoms with Gasteiger partial charge in [0, 0.05) is 29.1 Å². The number of aliphatic carboxylic acids is 1. The smallest absolute Gasteiger partial charge is 0.317 e. The van der Waals surface area contributed by atoms with Crippen LogP contribution in [0.15, 0.2) is 0 Å². The summed E-state index contributed by atoms with van der Waals surface area (Å²) in [5.41, 5.74) is -0.722. The van der Waals surface area contributed by atoms with Crippen molar-refractivity contribution in [1.82, 2.24) is 10.2 Å². The monoisotopic (exact) mass is 274 g/mol. The Hall–Kier alpha value is -0.910. The second-order valence-corrected chi connectivity index (χ2v) is 7.43. The first-order valence-electron chi connectivity index (χ1n) is 6.14. The largest absolute Gasteiger partial charge is 0.481 e. The number of thioether (sulfide) groups is 1. The molecule has 0 aromatic heterocycles. The number of rotatable bonds is 3. The molecule has 6 heteroatoms. The molecule has 1 heterocycles. The number of amides is 2. The molecule has 104 valence electrons. The fourth-order valence-electron chi connectivity index (χ4n) is 2.13. The third-order valence-corrected chi connectivity index (χ3v) is 3.97. The molecule has 18 heavy (non-hydrogen) atoms. The van der Waals surface area contributed by atoms with E-state index in [0.29, 0.717) is 23.6 Å². The normalized spacial score (nSPS) is 24.8. The van der Waals surface area contributed by atoms with Gasteiger partial charge in [-0.05, 0) is 13.8 Å². The first-order chi connectivity index (χ1) is 8.19. The number of hydrogen-bond donors (Lipinski definition) is 2. The van der Waals surface area contributed by atoms with Crippen molar-refractivity contribution in [1.29, 1.82) is 0 Å². The predicted octanol–water partition coefficient (Wildman–Crippen LogP) is 1.78. The van der Waals surface area contributed by atoms with Crippen molar-refractivity contribution < 1.29 is 14.7 Å². The summed E-state index contributed by atoms with van der Waals surface area (Å²) in [7, 11) is 0. The van der Waals surface area contributed by atoms with Crippen LogP contribution in [-0.4, -0.2) is 51.1 Å². The van der Waals surface area contributed by atoms with Gasteiger partial charge < -0.3 is 15.3 Å². The van der Waals surface area contributed by atoms with Crippen LogP contribution in [0.5, 0.6) is 0 Å². The maximum atomic E-state index is 12.1. The number of carboxylic acid groups (broad SMARTS) is 1. The zero-order valence-electron chi connectivity index (χ0n) is 11.4. The van der Waals surface area contributed by atoms with Gasteiger partial charge in [-0.25, -0.2) is 4.79 Å². The summed E-state index contributed by atoms with van der Waals surface area (Å²) in [5, 5.41) is 12.4. The highest BCUT2D eigenvalue weighted by Gasteiger charge is 2.30. The van der Waals surface area contributed by atoms with E-state index in [2.05, 4.69) is 19.2 Å². The number of hydrogen-bond acceptors (Lipinski definition) is 3. The molecule has 0 aromatic carbocycles. The van der Waals surface area contributed by atoms with Gasteiger partial charge >= 0.3 is 12.0 Å². The maximum absolute atomic E-state index is 12.1. The highest BCUT2D eigenvalue weighted by atomic mass is 32.2. The standard InChI is InChI=1S/C12H22N2O3S/c1-8-6-14(7-9(2)18-8)11(17)13-12(3,4)5-10(15)16/h8-9H,5-7H2,1-4H3,(H,13,17)(H,15,16). The Bertz CT molecular complexity index is 323. The molecule has 2 unspecified atom stereocenters. The Morgan fingerprint density at radius 2 is 1.83 bits per heavy atom. The minimum absolute atomic E-state index is 0.0769. The number of urea groups is 1. The maximum Gasteiger partial charge on any atom is 0.317 e. The molecule has 0 radical (unpaired) electrons. The van der Waals surface area contributed by atoms with E-state index in [4.69, 9.17) is 5.11 Å². The number of nitrogens with zero attached hydrogens (tertiary/aromatic N) is 1. The van der Waals surface area contributed by atoms with Crippen LogP contribution in [0.1, 0.15) is 34.1 Å². The lowest BCUT2D eigenvalue weighted by atomic mass is 10.0. The molecule has 0 saturated carbocycles. The van der Waals surface area contributed by atoms with Crippen molar-refractivity contribution in [2.24, 2.45) is 0 Å². The molecular formula is C12H22N2O3S. The summed E-state index contributed by atoms with van der Waals surface area (Å²) in [6.07, 6.45) is -0.0769. The number of carbonyl (C=O) groups excluding carboxylic acids is 1. The summed E-state index contributed by atoms with van der Waals surface area (Å²) in [5.74, 6) is -0.906. The Morgan fingerprint density at radius 3 is 2.28 bits per heavy atom. The number of carboxylic acids is 1. The van der Waals surface area contributed by atoms with Crippen molar-refractivity contribution in [3.8, 4) is 0 Å². The fraction of sp³-hybridized carbons (Fsp3) is 0.833. The van der Waals surface area contributed by atoms with Gasteiger partial charge in [0.15, 0.2) is 0 Å². The lowest BCUT2D eigenvalue weighted by Gasteiger charge is -2.37. The molecule has 1 fully saturated rings. The predicted molar refractivity (Wildman–Crippen MR) is 73.0 cm³/mol. The molecule has 1 aliphatic rings. The molecule has 0 aromatic rings. The fourth-order valence-corrected chi connectivity index (χ4v) is 3.46. The van der Waals surface area contributed by atoms with Gasteiger partial charge in [-0.3, -0.25) is 4.79 Å². The lowest BCUT2D eigenvalue weighted by Crippen LogP contribution is -2.54. The zero-order chi connectivity index (χ0) is 13.9. The molecule has 1 rings (SSSR count). The molecular weight excluding hydrogens is 252 g/mol. The van der Waals surface area contributed by atoms with Gasteiger partial charge in [-0.2, -0.15) is 11.8 Å². The van der Waals surface area contributed by atoms with E-state index < -0.39 is 11.5 Å². The van der Waals surface area contributed by atoms with Crippen LogP contribution in [0.2, 0.25) is 0 Å². The average Bonchev–Trinajstić information content (AvgIpc) is 2.12. The van der Waals surface area contributed by atoms with E-state index in [9.17, 15) is 9.59 Å². The van der Waals surface area contributed by atoms with E-state index in [-0.39, 0.29) is 12.5 Å². The van der Waals surface area contributed by atoms with Gasteiger partial charge in [0.05, 0.1) is 6.42 Å². The Kier molecular flexibility index (Phi) is 4.90. The molecule has 2 N–H and O–H groups in total. The lowest BCUT2D eigenvalue weighted by molar-refractivity contribution is -0.138. The average molecular weight is 274 g/mol. The van der Waals surface area contributed by atoms with Crippen LogP contribution in [-0.2, 0) is 4.79 Å². The number of carbonyl (C=O) groups is 2. The van der Waals surface area contributed by atoms with Gasteiger partial charge in [-0.15, -0.1) is 0 Å². The van der Waals surface area contributed by atoms with E-state index in [1.807, 2.05) is 11.8 Å². The molecule has 2 amide bonds. The van der Waals surface area contributed by atoms with Crippen molar-refractivity contribution in [3.05, 3.63) is 0 Å². The third-order valence-electron chi connectivity index (χ3n) is 2.75. The van der Waals surface area contributed by atoms with E-state index in [1.165, 1.54) is 0 Å². The van der Waals surface area contributed by atoms with Crippen LogP contribution in [0.4, 0.5) is 4.79 Å². The Balaban J connectivity index is 2.56. The first-order valence-corrected chi connectivity index (χ1v) is 7.08. The molecule has 2 atom stereocenters. The first kappa shape index (κ1) is 15.1. The van der Waals surface area contributed by atoms with Crippen molar-refractivity contribution >= 4 is 23.8 Å². The third kappa shape index (κ3) is 4.76. The zero-order valence-corrected chi connectivity index (χ0v) is 12.2. The van der Waals surface area contributed by atoms with E-state index in [1.54, 1.807) is 18.7 Å². The van der Waals surface area contributed by atoms with Crippen LogP contribution in [0.25, 0.3) is 0 Å².